The van der Waals surface area contributed by atoms with Gasteiger partial charge in [0.2, 0.25) is 5.91 Å². The average Bonchev–Trinajstić information content (AvgIpc) is 2.20. The number of carbonyl (C=O) groups is 1. The van der Waals surface area contributed by atoms with Gasteiger partial charge in [-0.2, -0.15) is 0 Å². The molecule has 2 N–H and O–H groups in total. The van der Waals surface area contributed by atoms with Crippen molar-refractivity contribution in [3.05, 3.63) is 0 Å². The van der Waals surface area contributed by atoms with E-state index in [1.807, 2.05) is 0 Å². The first kappa shape index (κ1) is 14.6. The number of carbonyl (C=O) groups excluding carboxylic acids is 1. The van der Waals surface area contributed by atoms with Gasteiger partial charge in [0, 0.05) is 28.7 Å². The van der Waals surface area contributed by atoms with E-state index in [0.717, 1.165) is 18.6 Å². The molecule has 0 rings (SSSR count). The van der Waals surface area contributed by atoms with Gasteiger partial charge >= 0.3 is 0 Å². The lowest BCUT2D eigenvalue weighted by molar-refractivity contribution is -0.117. The van der Waals surface area contributed by atoms with Gasteiger partial charge in [-0.05, 0) is 6.42 Å². The zero-order chi connectivity index (χ0) is 11.5. The largest absolute Gasteiger partial charge is 0.370 e. The molecule has 0 aliphatic carbocycles. The van der Waals surface area contributed by atoms with Crippen LogP contribution in [0.1, 0.15) is 51.9 Å². The lowest BCUT2D eigenvalue weighted by Gasteiger charge is -2.01. The molecule has 1 unspecified atom stereocenters. The number of hydrogen-bond donors (Lipinski definition) is 1. The Labute approximate surface area is 95.3 Å². The van der Waals surface area contributed by atoms with Gasteiger partial charge in [0.15, 0.2) is 0 Å². The summed E-state index contributed by atoms with van der Waals surface area (Å²) in [7, 11) is -0.849. The zero-order valence-corrected chi connectivity index (χ0v) is 10.5. The van der Waals surface area contributed by atoms with E-state index in [2.05, 4.69) is 6.92 Å². The summed E-state index contributed by atoms with van der Waals surface area (Å²) in [6, 6.07) is 0. The minimum atomic E-state index is -0.849. The molecule has 0 radical (unpaired) electrons. The molecule has 0 bridgehead atoms. The van der Waals surface area contributed by atoms with Crippen molar-refractivity contribution in [1.29, 1.82) is 0 Å². The predicted molar refractivity (Wildman–Crippen MR) is 65.1 cm³/mol. The lowest BCUT2D eigenvalue weighted by atomic mass is 10.1. The first-order valence-corrected chi connectivity index (χ1v) is 7.29. The fourth-order valence-corrected chi connectivity index (χ4v) is 2.52. The number of unbranched alkanes of at least 4 members (excludes halogenated alkanes) is 5. The van der Waals surface area contributed by atoms with E-state index in [1.54, 1.807) is 0 Å². The number of primary amides is 1. The summed E-state index contributed by atoms with van der Waals surface area (Å²) in [6.45, 7) is 2.19. The van der Waals surface area contributed by atoms with Crippen molar-refractivity contribution >= 4 is 16.7 Å². The van der Waals surface area contributed by atoms with Crippen LogP contribution in [0, 0.1) is 0 Å². The van der Waals surface area contributed by atoms with E-state index in [-0.39, 0.29) is 12.3 Å². The SMILES string of the molecule is CCCCCCCCS(=O)CCC(N)=O. The van der Waals surface area contributed by atoms with Crippen molar-refractivity contribution in [1.82, 2.24) is 0 Å². The van der Waals surface area contributed by atoms with Gasteiger partial charge in [-0.3, -0.25) is 9.00 Å². The first-order chi connectivity index (χ1) is 7.16. The van der Waals surface area contributed by atoms with E-state index < -0.39 is 10.8 Å². The van der Waals surface area contributed by atoms with Crippen LogP contribution in [-0.4, -0.2) is 21.6 Å². The van der Waals surface area contributed by atoms with Crippen LogP contribution in [0.25, 0.3) is 0 Å². The Bertz CT molecular complexity index is 195. The molecule has 4 heteroatoms. The second kappa shape index (κ2) is 10.1. The topological polar surface area (TPSA) is 60.2 Å². The van der Waals surface area contributed by atoms with Gasteiger partial charge in [-0.25, -0.2) is 0 Å². The highest BCUT2D eigenvalue weighted by molar-refractivity contribution is 7.84. The fourth-order valence-electron chi connectivity index (χ4n) is 1.36. The normalized spacial score (nSPS) is 12.6. The summed E-state index contributed by atoms with van der Waals surface area (Å²) in [6.07, 6.45) is 7.49. The second-order valence-electron chi connectivity index (χ2n) is 3.83. The van der Waals surface area contributed by atoms with Crippen molar-refractivity contribution in [3.8, 4) is 0 Å². The van der Waals surface area contributed by atoms with Gasteiger partial charge in [0.1, 0.15) is 0 Å². The number of rotatable bonds is 10. The van der Waals surface area contributed by atoms with Crippen molar-refractivity contribution in [3.63, 3.8) is 0 Å². The van der Waals surface area contributed by atoms with E-state index in [9.17, 15) is 9.00 Å². The van der Waals surface area contributed by atoms with Gasteiger partial charge in [-0.1, -0.05) is 39.0 Å². The van der Waals surface area contributed by atoms with E-state index in [0.29, 0.717) is 5.75 Å². The van der Waals surface area contributed by atoms with Crippen molar-refractivity contribution < 1.29 is 9.00 Å². The van der Waals surface area contributed by atoms with Crippen LogP contribution in [0.4, 0.5) is 0 Å². The molecule has 15 heavy (non-hydrogen) atoms. The summed E-state index contributed by atoms with van der Waals surface area (Å²) in [4.78, 5) is 10.4. The fraction of sp³-hybridized carbons (Fsp3) is 0.909. The molecule has 0 heterocycles. The summed E-state index contributed by atoms with van der Waals surface area (Å²) < 4.78 is 11.3. The van der Waals surface area contributed by atoms with E-state index >= 15 is 0 Å². The lowest BCUT2D eigenvalue weighted by Crippen LogP contribution is -2.15. The van der Waals surface area contributed by atoms with Gasteiger partial charge in [-0.15, -0.1) is 0 Å². The summed E-state index contributed by atoms with van der Waals surface area (Å²) in [5.74, 6) is 0.801. The Kier molecular flexibility index (Phi) is 9.89. The minimum Gasteiger partial charge on any atom is -0.370 e. The first-order valence-electron chi connectivity index (χ1n) is 5.80. The molecule has 0 aliphatic heterocycles. The maximum Gasteiger partial charge on any atom is 0.218 e. The van der Waals surface area contributed by atoms with Gasteiger partial charge in [0.05, 0.1) is 0 Å². The molecule has 0 saturated heterocycles. The van der Waals surface area contributed by atoms with Crippen LogP contribution in [0.5, 0.6) is 0 Å². The van der Waals surface area contributed by atoms with Crippen LogP contribution in [0.2, 0.25) is 0 Å². The minimum absolute atomic E-state index is 0.252. The number of amides is 1. The maximum absolute atomic E-state index is 11.3. The molecule has 0 fully saturated rings. The molecule has 0 saturated carbocycles. The predicted octanol–water partition coefficient (Wildman–Crippen LogP) is 1.97. The molecule has 90 valence electrons. The zero-order valence-electron chi connectivity index (χ0n) is 9.67. The molecule has 0 aromatic carbocycles. The molecular formula is C11H23NO2S. The molecule has 3 nitrogen and oxygen atoms in total. The van der Waals surface area contributed by atoms with Gasteiger partial charge in [0.25, 0.3) is 0 Å². The highest BCUT2D eigenvalue weighted by Crippen LogP contribution is 2.05. The van der Waals surface area contributed by atoms with E-state index in [1.165, 1.54) is 25.7 Å². The Morgan fingerprint density at radius 1 is 1.07 bits per heavy atom. The van der Waals surface area contributed by atoms with Crippen molar-refractivity contribution in [2.45, 2.75) is 51.9 Å². The Hall–Kier alpha value is -0.380. The smallest absolute Gasteiger partial charge is 0.218 e. The van der Waals surface area contributed by atoms with Crippen molar-refractivity contribution in [2.75, 3.05) is 11.5 Å². The Morgan fingerprint density at radius 3 is 2.27 bits per heavy atom. The highest BCUT2D eigenvalue weighted by atomic mass is 32.2. The van der Waals surface area contributed by atoms with Crippen LogP contribution in [-0.2, 0) is 15.6 Å². The average molecular weight is 233 g/mol. The second-order valence-corrected chi connectivity index (χ2v) is 5.53. The van der Waals surface area contributed by atoms with Crippen LogP contribution in [0.3, 0.4) is 0 Å². The monoisotopic (exact) mass is 233 g/mol. The summed E-state index contributed by atoms with van der Waals surface area (Å²) in [5, 5.41) is 0. The number of hydrogen-bond acceptors (Lipinski definition) is 2. The molecule has 0 aliphatic rings. The van der Waals surface area contributed by atoms with Crippen molar-refractivity contribution in [2.24, 2.45) is 5.73 Å². The summed E-state index contributed by atoms with van der Waals surface area (Å²) in [5.41, 5.74) is 4.98. The maximum atomic E-state index is 11.3. The Morgan fingerprint density at radius 2 is 1.67 bits per heavy atom. The van der Waals surface area contributed by atoms with Crippen LogP contribution >= 0.6 is 0 Å². The molecule has 0 spiro atoms. The molecule has 0 aromatic heterocycles. The highest BCUT2D eigenvalue weighted by Gasteiger charge is 2.02. The van der Waals surface area contributed by atoms with E-state index in [4.69, 9.17) is 5.73 Å². The molecule has 0 aromatic rings. The van der Waals surface area contributed by atoms with Crippen LogP contribution in [0.15, 0.2) is 0 Å². The summed E-state index contributed by atoms with van der Waals surface area (Å²) >= 11 is 0. The molecule has 1 amide bonds. The standard InChI is InChI=1S/C11H23NO2S/c1-2-3-4-5-6-7-9-15(14)10-8-11(12)13/h2-10H2,1H3,(H2,12,13). The third-order valence-corrected chi connectivity index (χ3v) is 3.71. The molecule has 1 atom stereocenters. The number of nitrogens with two attached hydrogens (primary N) is 1. The third kappa shape index (κ3) is 11.5. The molecular weight excluding hydrogens is 210 g/mol. The third-order valence-electron chi connectivity index (χ3n) is 2.30. The van der Waals surface area contributed by atoms with Crippen LogP contribution < -0.4 is 5.73 Å². The quantitative estimate of drug-likeness (QED) is 0.586. The van der Waals surface area contributed by atoms with Gasteiger partial charge < -0.3 is 5.73 Å². The Balaban J connectivity index is 3.20.